The number of hydrogen-bond donors (Lipinski definition) is 0. The van der Waals surface area contributed by atoms with Crippen LogP contribution >= 0.6 is 0 Å². The van der Waals surface area contributed by atoms with Crippen LogP contribution in [-0.2, 0) is 11.3 Å². The molecule has 0 atom stereocenters. The van der Waals surface area contributed by atoms with Crippen molar-refractivity contribution in [2.24, 2.45) is 5.92 Å². The molecule has 2 aliphatic carbocycles. The Labute approximate surface area is 121 Å². The summed E-state index contributed by atoms with van der Waals surface area (Å²) in [6.07, 6.45) is 13.2. The van der Waals surface area contributed by atoms with Crippen molar-refractivity contribution in [2.45, 2.75) is 64.0 Å². The lowest BCUT2D eigenvalue weighted by molar-refractivity contribution is -0.133. The largest absolute Gasteiger partial charge is 0.335 e. The molecule has 0 unspecified atom stereocenters. The predicted molar refractivity (Wildman–Crippen MR) is 79.0 cm³/mol. The molecule has 20 heavy (non-hydrogen) atoms. The van der Waals surface area contributed by atoms with E-state index in [1.807, 2.05) is 24.5 Å². The van der Waals surface area contributed by atoms with Crippen LogP contribution in [0.3, 0.4) is 0 Å². The van der Waals surface area contributed by atoms with Crippen molar-refractivity contribution in [3.8, 4) is 0 Å². The molecule has 0 aliphatic heterocycles. The van der Waals surface area contributed by atoms with Crippen LogP contribution in [0.5, 0.6) is 0 Å². The Morgan fingerprint density at radius 2 is 1.80 bits per heavy atom. The molecule has 3 rings (SSSR count). The van der Waals surface area contributed by atoms with E-state index in [-0.39, 0.29) is 0 Å². The number of amides is 1. The average Bonchev–Trinajstić information content (AvgIpc) is 3.31. The summed E-state index contributed by atoms with van der Waals surface area (Å²) >= 11 is 0. The van der Waals surface area contributed by atoms with Gasteiger partial charge in [-0.25, -0.2) is 0 Å². The summed E-state index contributed by atoms with van der Waals surface area (Å²) in [6.45, 7) is 0.763. The lowest BCUT2D eigenvalue weighted by Gasteiger charge is -2.27. The summed E-state index contributed by atoms with van der Waals surface area (Å²) in [5.41, 5.74) is 1.20. The van der Waals surface area contributed by atoms with Crippen LogP contribution in [0, 0.1) is 5.92 Å². The highest BCUT2D eigenvalue weighted by Gasteiger charge is 2.33. The Bertz CT molecular complexity index is 436. The van der Waals surface area contributed by atoms with Crippen molar-refractivity contribution in [1.82, 2.24) is 9.88 Å². The third-order valence-corrected chi connectivity index (χ3v) is 4.60. The number of rotatable bonds is 5. The molecule has 0 aromatic carbocycles. The molecule has 3 nitrogen and oxygen atoms in total. The minimum atomic E-state index is 0.371. The van der Waals surface area contributed by atoms with Gasteiger partial charge in [-0.1, -0.05) is 19.3 Å². The zero-order valence-corrected chi connectivity index (χ0v) is 12.1. The zero-order chi connectivity index (χ0) is 13.8. The van der Waals surface area contributed by atoms with Crippen LogP contribution in [0.25, 0.3) is 0 Å². The van der Waals surface area contributed by atoms with E-state index >= 15 is 0 Å². The van der Waals surface area contributed by atoms with E-state index < -0.39 is 0 Å². The van der Waals surface area contributed by atoms with Gasteiger partial charge in [0.15, 0.2) is 0 Å². The van der Waals surface area contributed by atoms with Crippen LogP contribution in [0.1, 0.15) is 56.9 Å². The Morgan fingerprint density at radius 1 is 1.10 bits per heavy atom. The first-order valence-electron chi connectivity index (χ1n) is 8.01. The zero-order valence-electron chi connectivity index (χ0n) is 12.1. The summed E-state index contributed by atoms with van der Waals surface area (Å²) in [6, 6.07) is 4.53. The number of carbonyl (C=O) groups is 1. The Balaban J connectivity index is 1.59. The second-order valence-electron chi connectivity index (χ2n) is 6.32. The second-order valence-corrected chi connectivity index (χ2v) is 6.32. The van der Waals surface area contributed by atoms with Crippen molar-refractivity contribution in [3.05, 3.63) is 30.1 Å². The normalized spacial score (nSPS) is 19.8. The highest BCUT2D eigenvalue weighted by Crippen LogP contribution is 2.32. The maximum atomic E-state index is 12.6. The number of pyridine rings is 1. The SMILES string of the molecule is O=C(CC1CCCCC1)N(Cc1ccncc1)C1CC1. The van der Waals surface area contributed by atoms with Gasteiger partial charge in [-0.3, -0.25) is 9.78 Å². The molecule has 2 saturated carbocycles. The van der Waals surface area contributed by atoms with E-state index in [1.54, 1.807) is 0 Å². The lowest BCUT2D eigenvalue weighted by Crippen LogP contribution is -2.34. The van der Waals surface area contributed by atoms with E-state index in [9.17, 15) is 4.79 Å². The first kappa shape index (κ1) is 13.6. The van der Waals surface area contributed by atoms with Gasteiger partial charge in [0.2, 0.25) is 5.91 Å². The van der Waals surface area contributed by atoms with Gasteiger partial charge in [-0.05, 0) is 49.3 Å². The maximum absolute atomic E-state index is 12.6. The third-order valence-electron chi connectivity index (χ3n) is 4.60. The fraction of sp³-hybridized carbons (Fsp3) is 0.647. The second kappa shape index (κ2) is 6.38. The van der Waals surface area contributed by atoms with Gasteiger partial charge >= 0.3 is 0 Å². The van der Waals surface area contributed by atoms with Crippen molar-refractivity contribution >= 4 is 5.91 Å². The average molecular weight is 272 g/mol. The molecular weight excluding hydrogens is 248 g/mol. The van der Waals surface area contributed by atoms with Crippen LogP contribution in [0.2, 0.25) is 0 Å². The molecule has 0 radical (unpaired) electrons. The number of nitrogens with zero attached hydrogens (tertiary/aromatic N) is 2. The van der Waals surface area contributed by atoms with E-state index in [4.69, 9.17) is 0 Å². The van der Waals surface area contributed by atoms with Crippen LogP contribution in [0.15, 0.2) is 24.5 Å². The minimum absolute atomic E-state index is 0.371. The van der Waals surface area contributed by atoms with Gasteiger partial charge in [-0.2, -0.15) is 0 Å². The molecule has 1 aromatic heterocycles. The Morgan fingerprint density at radius 3 is 2.45 bits per heavy atom. The summed E-state index contributed by atoms with van der Waals surface area (Å²) in [5, 5.41) is 0. The summed E-state index contributed by atoms with van der Waals surface area (Å²) in [5.74, 6) is 1.01. The van der Waals surface area contributed by atoms with Crippen molar-refractivity contribution in [2.75, 3.05) is 0 Å². The molecule has 2 fully saturated rings. The van der Waals surface area contributed by atoms with Crippen molar-refractivity contribution < 1.29 is 4.79 Å². The van der Waals surface area contributed by atoms with Crippen LogP contribution in [0.4, 0.5) is 0 Å². The van der Waals surface area contributed by atoms with Crippen LogP contribution < -0.4 is 0 Å². The van der Waals surface area contributed by atoms with E-state index in [0.29, 0.717) is 17.9 Å². The van der Waals surface area contributed by atoms with Crippen LogP contribution in [-0.4, -0.2) is 21.8 Å². The molecule has 3 heteroatoms. The molecule has 0 N–H and O–H groups in total. The highest BCUT2D eigenvalue weighted by atomic mass is 16.2. The smallest absolute Gasteiger partial charge is 0.223 e. The van der Waals surface area contributed by atoms with E-state index in [1.165, 1.54) is 50.5 Å². The number of carbonyl (C=O) groups excluding carboxylic acids is 1. The summed E-state index contributed by atoms with van der Waals surface area (Å²) in [7, 11) is 0. The fourth-order valence-electron chi connectivity index (χ4n) is 3.25. The van der Waals surface area contributed by atoms with E-state index in [2.05, 4.69) is 9.88 Å². The fourth-order valence-corrected chi connectivity index (χ4v) is 3.25. The van der Waals surface area contributed by atoms with Crippen molar-refractivity contribution in [1.29, 1.82) is 0 Å². The molecule has 0 spiro atoms. The van der Waals surface area contributed by atoms with E-state index in [0.717, 1.165) is 13.0 Å². The quantitative estimate of drug-likeness (QED) is 0.821. The van der Waals surface area contributed by atoms with Crippen molar-refractivity contribution in [3.63, 3.8) is 0 Å². The first-order valence-corrected chi connectivity index (χ1v) is 8.01. The molecule has 1 aromatic rings. The van der Waals surface area contributed by atoms with Gasteiger partial charge in [-0.15, -0.1) is 0 Å². The molecule has 1 amide bonds. The summed E-state index contributed by atoms with van der Waals surface area (Å²) < 4.78 is 0. The third kappa shape index (κ3) is 3.59. The Hall–Kier alpha value is -1.38. The maximum Gasteiger partial charge on any atom is 0.223 e. The van der Waals surface area contributed by atoms with Gasteiger partial charge in [0.05, 0.1) is 0 Å². The predicted octanol–water partition coefficient (Wildman–Crippen LogP) is 3.54. The molecule has 0 bridgehead atoms. The highest BCUT2D eigenvalue weighted by molar-refractivity contribution is 5.77. The lowest BCUT2D eigenvalue weighted by atomic mass is 9.86. The molecule has 1 heterocycles. The molecule has 0 saturated heterocycles. The standard InChI is InChI=1S/C17H24N2O/c20-17(12-14-4-2-1-3-5-14)19(16-6-7-16)13-15-8-10-18-11-9-15/h8-11,14,16H,1-7,12-13H2. The molecule has 108 valence electrons. The monoisotopic (exact) mass is 272 g/mol. The summed E-state index contributed by atoms with van der Waals surface area (Å²) in [4.78, 5) is 18.8. The topological polar surface area (TPSA) is 33.2 Å². The van der Waals surface area contributed by atoms with Gasteiger partial charge in [0, 0.05) is 31.4 Å². The molecule has 2 aliphatic rings. The first-order chi connectivity index (χ1) is 9.83. The Kier molecular flexibility index (Phi) is 4.34. The molecular formula is C17H24N2O. The van der Waals surface area contributed by atoms with Gasteiger partial charge in [0.1, 0.15) is 0 Å². The number of aromatic nitrogens is 1. The number of hydrogen-bond acceptors (Lipinski definition) is 2. The minimum Gasteiger partial charge on any atom is -0.335 e. The van der Waals surface area contributed by atoms with Gasteiger partial charge in [0.25, 0.3) is 0 Å². The van der Waals surface area contributed by atoms with Gasteiger partial charge < -0.3 is 4.90 Å².